The number of aliphatic imine (C=N–C) groups is 1. The summed E-state index contributed by atoms with van der Waals surface area (Å²) < 4.78 is 0. The van der Waals surface area contributed by atoms with Crippen LogP contribution in [-0.2, 0) is 0 Å². The third kappa shape index (κ3) is 0.850. The van der Waals surface area contributed by atoms with Crippen LogP contribution in [0.4, 0.5) is 5.69 Å². The van der Waals surface area contributed by atoms with E-state index >= 15 is 0 Å². The molecule has 0 saturated heterocycles. The van der Waals surface area contributed by atoms with Crippen LogP contribution in [0.2, 0.25) is 5.02 Å². The molecule has 1 aliphatic rings. The molecule has 1 nitrogen and oxygen atoms in total. The van der Waals surface area contributed by atoms with Crippen LogP contribution in [0.25, 0.3) is 10.8 Å². The summed E-state index contributed by atoms with van der Waals surface area (Å²) in [5.41, 5.74) is 2.19. The van der Waals surface area contributed by atoms with Crippen molar-refractivity contribution in [2.24, 2.45) is 4.99 Å². The Kier molecular flexibility index (Phi) is 1.27. The molecule has 0 aromatic heterocycles. The molecule has 0 N–H and O–H groups in total. The first-order valence-electron chi connectivity index (χ1n) is 4.11. The van der Waals surface area contributed by atoms with E-state index in [1.807, 2.05) is 30.5 Å². The van der Waals surface area contributed by atoms with E-state index in [9.17, 15) is 0 Å². The van der Waals surface area contributed by atoms with E-state index in [0.29, 0.717) is 0 Å². The van der Waals surface area contributed by atoms with Gasteiger partial charge in [-0.1, -0.05) is 29.8 Å². The summed E-state index contributed by atoms with van der Waals surface area (Å²) in [4.78, 5) is 4.30. The van der Waals surface area contributed by atoms with Gasteiger partial charge in [-0.2, -0.15) is 0 Å². The average Bonchev–Trinajstić information content (AvgIpc) is 2.57. The quantitative estimate of drug-likeness (QED) is 0.510. The molecule has 0 spiro atoms. The number of halogens is 1. The highest BCUT2D eigenvalue weighted by Gasteiger charge is 2.11. The van der Waals surface area contributed by atoms with Gasteiger partial charge in [0.25, 0.3) is 0 Å². The van der Waals surface area contributed by atoms with E-state index in [2.05, 4.69) is 11.1 Å². The smallest absolute Gasteiger partial charge is 0.0715 e. The van der Waals surface area contributed by atoms with Crippen LogP contribution in [0.3, 0.4) is 0 Å². The van der Waals surface area contributed by atoms with Gasteiger partial charge in [0.05, 0.1) is 5.69 Å². The third-order valence-electron chi connectivity index (χ3n) is 2.34. The predicted molar refractivity (Wildman–Crippen MR) is 56.2 cm³/mol. The Bertz CT molecular complexity index is 517. The van der Waals surface area contributed by atoms with E-state index in [-0.39, 0.29) is 0 Å². The van der Waals surface area contributed by atoms with E-state index in [1.165, 1.54) is 5.39 Å². The van der Waals surface area contributed by atoms with Crippen molar-refractivity contribution in [3.05, 3.63) is 40.9 Å². The molecule has 0 atom stereocenters. The maximum absolute atomic E-state index is 6.07. The Morgan fingerprint density at radius 2 is 2.00 bits per heavy atom. The lowest BCUT2D eigenvalue weighted by Crippen LogP contribution is -1.78. The van der Waals surface area contributed by atoms with Crippen molar-refractivity contribution in [3.63, 3.8) is 0 Å². The molecule has 0 unspecified atom stereocenters. The van der Waals surface area contributed by atoms with E-state index in [1.54, 1.807) is 0 Å². The minimum atomic E-state index is 0.797. The number of nitrogens with zero attached hydrogens (tertiary/aromatic N) is 1. The molecule has 1 aliphatic heterocycles. The number of hydrogen-bond acceptors (Lipinski definition) is 1. The molecule has 2 aromatic rings. The molecule has 13 heavy (non-hydrogen) atoms. The second-order valence-corrected chi connectivity index (χ2v) is 3.50. The fraction of sp³-hybridized carbons (Fsp3) is 0. The predicted octanol–water partition coefficient (Wildman–Crippen LogP) is 3.56. The van der Waals surface area contributed by atoms with Crippen molar-refractivity contribution in [1.29, 1.82) is 0 Å². The fourth-order valence-corrected chi connectivity index (χ4v) is 1.95. The molecule has 0 fully saturated rings. The largest absolute Gasteiger partial charge is 0.256 e. The number of rotatable bonds is 0. The SMILES string of the molecule is Clc1ccc2c3c(cccc13)C=N2. The van der Waals surface area contributed by atoms with Crippen molar-refractivity contribution in [2.75, 3.05) is 0 Å². The third-order valence-corrected chi connectivity index (χ3v) is 2.67. The first-order chi connectivity index (χ1) is 6.36. The highest BCUT2D eigenvalue weighted by Crippen LogP contribution is 2.36. The van der Waals surface area contributed by atoms with Crippen molar-refractivity contribution >= 4 is 34.3 Å². The van der Waals surface area contributed by atoms with Crippen LogP contribution in [0, 0.1) is 0 Å². The van der Waals surface area contributed by atoms with Gasteiger partial charge in [-0.3, -0.25) is 4.99 Å². The zero-order valence-corrected chi connectivity index (χ0v) is 7.55. The first-order valence-corrected chi connectivity index (χ1v) is 4.49. The maximum atomic E-state index is 6.07. The zero-order valence-electron chi connectivity index (χ0n) is 6.79. The molecular formula is C11H6ClN. The van der Waals surface area contributed by atoms with Gasteiger partial charge in [0, 0.05) is 27.6 Å². The van der Waals surface area contributed by atoms with E-state index < -0.39 is 0 Å². The van der Waals surface area contributed by atoms with Gasteiger partial charge in [0.15, 0.2) is 0 Å². The Hall–Kier alpha value is -1.34. The number of benzene rings is 2. The van der Waals surface area contributed by atoms with Gasteiger partial charge < -0.3 is 0 Å². The van der Waals surface area contributed by atoms with Gasteiger partial charge in [0.2, 0.25) is 0 Å². The Morgan fingerprint density at radius 3 is 2.92 bits per heavy atom. The standard InChI is InChI=1S/C11H6ClN/c12-9-4-5-10-11-7(6-13-10)2-1-3-8(9)11/h1-6H. The minimum Gasteiger partial charge on any atom is -0.256 e. The van der Waals surface area contributed by atoms with Crippen LogP contribution in [0.1, 0.15) is 5.56 Å². The van der Waals surface area contributed by atoms with Crippen molar-refractivity contribution in [2.45, 2.75) is 0 Å². The van der Waals surface area contributed by atoms with Gasteiger partial charge in [-0.05, 0) is 12.1 Å². The molecule has 0 aliphatic carbocycles. The summed E-state index contributed by atoms with van der Waals surface area (Å²) in [6.07, 6.45) is 1.88. The zero-order chi connectivity index (χ0) is 8.84. The van der Waals surface area contributed by atoms with Crippen LogP contribution in [0.5, 0.6) is 0 Å². The molecule has 1 heterocycles. The molecule has 0 amide bonds. The average molecular weight is 188 g/mol. The fourth-order valence-electron chi connectivity index (χ4n) is 1.73. The Labute approximate surface area is 80.7 Å². The Balaban J connectivity index is 2.63. The molecular weight excluding hydrogens is 182 g/mol. The lowest BCUT2D eigenvalue weighted by molar-refractivity contribution is 1.63. The van der Waals surface area contributed by atoms with Gasteiger partial charge in [0.1, 0.15) is 0 Å². The summed E-state index contributed by atoms with van der Waals surface area (Å²) in [6, 6.07) is 9.94. The summed E-state index contributed by atoms with van der Waals surface area (Å²) in [7, 11) is 0. The van der Waals surface area contributed by atoms with Crippen LogP contribution in [-0.4, -0.2) is 6.21 Å². The highest BCUT2D eigenvalue weighted by molar-refractivity contribution is 6.36. The van der Waals surface area contributed by atoms with Crippen molar-refractivity contribution in [1.82, 2.24) is 0 Å². The normalized spacial score (nSPS) is 12.7. The summed E-state index contributed by atoms with van der Waals surface area (Å²) >= 11 is 6.07. The van der Waals surface area contributed by atoms with Crippen LogP contribution in [0.15, 0.2) is 35.3 Å². The molecule has 2 aromatic carbocycles. The molecule has 3 rings (SSSR count). The second kappa shape index (κ2) is 2.33. The summed E-state index contributed by atoms with van der Waals surface area (Å²) in [6.45, 7) is 0. The van der Waals surface area contributed by atoms with Crippen LogP contribution >= 0.6 is 11.6 Å². The molecule has 2 heteroatoms. The van der Waals surface area contributed by atoms with Gasteiger partial charge >= 0.3 is 0 Å². The minimum absolute atomic E-state index is 0.797. The monoisotopic (exact) mass is 187 g/mol. The van der Waals surface area contributed by atoms with Gasteiger partial charge in [-0.25, -0.2) is 0 Å². The molecule has 0 saturated carbocycles. The first kappa shape index (κ1) is 7.10. The highest BCUT2D eigenvalue weighted by atomic mass is 35.5. The van der Waals surface area contributed by atoms with E-state index in [4.69, 9.17) is 11.6 Å². The topological polar surface area (TPSA) is 12.4 Å². The lowest BCUT2D eigenvalue weighted by atomic mass is 10.1. The number of hydrogen-bond donors (Lipinski definition) is 0. The lowest BCUT2D eigenvalue weighted by Gasteiger charge is -2.01. The molecule has 0 radical (unpaired) electrons. The van der Waals surface area contributed by atoms with Crippen LogP contribution < -0.4 is 0 Å². The van der Waals surface area contributed by atoms with E-state index in [0.717, 1.165) is 21.7 Å². The maximum Gasteiger partial charge on any atom is 0.0715 e. The second-order valence-electron chi connectivity index (χ2n) is 3.09. The Morgan fingerprint density at radius 1 is 1.08 bits per heavy atom. The van der Waals surface area contributed by atoms with Gasteiger partial charge in [-0.15, -0.1) is 0 Å². The molecule has 62 valence electrons. The molecule has 0 bridgehead atoms. The van der Waals surface area contributed by atoms with Crippen molar-refractivity contribution in [3.8, 4) is 0 Å². The summed E-state index contributed by atoms with van der Waals surface area (Å²) in [5.74, 6) is 0. The van der Waals surface area contributed by atoms with Crippen molar-refractivity contribution < 1.29 is 0 Å². The summed E-state index contributed by atoms with van der Waals surface area (Å²) in [5, 5.41) is 3.07.